The van der Waals surface area contributed by atoms with Gasteiger partial charge in [0.15, 0.2) is 5.65 Å². The topological polar surface area (TPSA) is 54.3 Å². The van der Waals surface area contributed by atoms with E-state index in [0.717, 1.165) is 46.5 Å². The fraction of sp³-hybridized carbons (Fsp3) is 0.296. The van der Waals surface area contributed by atoms with Gasteiger partial charge in [-0.1, -0.05) is 59.1 Å². The molecule has 4 aromatic rings. The van der Waals surface area contributed by atoms with Gasteiger partial charge >= 0.3 is 0 Å². The van der Waals surface area contributed by atoms with Gasteiger partial charge in [-0.2, -0.15) is 5.10 Å². The summed E-state index contributed by atoms with van der Waals surface area (Å²) in [6, 6.07) is 16.0. The molecule has 180 valence electrons. The van der Waals surface area contributed by atoms with Crippen molar-refractivity contribution in [2.24, 2.45) is 0 Å². The van der Waals surface area contributed by atoms with Gasteiger partial charge in [-0.15, -0.1) is 0 Å². The smallest absolute Gasteiger partial charge is 0.244 e. The molecule has 0 N–H and O–H groups in total. The van der Waals surface area contributed by atoms with Crippen LogP contribution in [0.1, 0.15) is 16.8 Å². The maximum Gasteiger partial charge on any atom is 0.244 e. The highest BCUT2D eigenvalue weighted by Gasteiger charge is 2.24. The molecule has 0 unspecified atom stereocenters. The number of rotatable bonds is 5. The third kappa shape index (κ3) is 4.92. The molecule has 0 spiro atoms. The summed E-state index contributed by atoms with van der Waals surface area (Å²) in [4.78, 5) is 21.9. The summed E-state index contributed by atoms with van der Waals surface area (Å²) < 4.78 is 1.74. The molecule has 0 radical (unpaired) electrons. The molecule has 0 aliphatic carbocycles. The van der Waals surface area contributed by atoms with E-state index in [1.54, 1.807) is 10.9 Å². The molecule has 2 aromatic heterocycles. The number of amides is 1. The highest BCUT2D eigenvalue weighted by molar-refractivity contribution is 6.35. The molecule has 1 aliphatic rings. The predicted octanol–water partition coefficient (Wildman–Crippen LogP) is 5.37. The van der Waals surface area contributed by atoms with Gasteiger partial charge in [-0.05, 0) is 43.2 Å². The van der Waals surface area contributed by atoms with Crippen LogP contribution >= 0.6 is 23.2 Å². The number of aromatic nitrogens is 3. The molecular weight excluding hydrogens is 481 g/mol. The van der Waals surface area contributed by atoms with Crippen LogP contribution in [0.4, 0.5) is 0 Å². The first kappa shape index (κ1) is 23.8. The van der Waals surface area contributed by atoms with Gasteiger partial charge < -0.3 is 4.90 Å². The van der Waals surface area contributed by atoms with Gasteiger partial charge in [-0.3, -0.25) is 9.69 Å². The van der Waals surface area contributed by atoms with E-state index < -0.39 is 0 Å². The first-order valence-electron chi connectivity index (χ1n) is 11.7. The van der Waals surface area contributed by atoms with Crippen LogP contribution in [0.25, 0.3) is 22.2 Å². The Morgan fingerprint density at radius 2 is 1.63 bits per heavy atom. The Hall–Kier alpha value is -2.93. The summed E-state index contributed by atoms with van der Waals surface area (Å²) in [6.45, 7) is 7.74. The Bertz CT molecular complexity index is 1350. The number of piperazine rings is 1. The molecule has 0 bridgehead atoms. The lowest BCUT2D eigenvalue weighted by Crippen LogP contribution is -2.49. The van der Waals surface area contributed by atoms with E-state index in [-0.39, 0.29) is 12.5 Å². The number of carbonyl (C=O) groups is 1. The van der Waals surface area contributed by atoms with Crippen molar-refractivity contribution in [3.8, 4) is 11.1 Å². The highest BCUT2D eigenvalue weighted by atomic mass is 35.5. The number of carbonyl (C=O) groups excluding carboxylic acids is 1. The van der Waals surface area contributed by atoms with E-state index in [2.05, 4.69) is 46.2 Å². The van der Waals surface area contributed by atoms with E-state index >= 15 is 0 Å². The Balaban J connectivity index is 1.28. The lowest BCUT2D eigenvalue weighted by molar-refractivity contribution is -0.133. The number of halogens is 2. The summed E-state index contributed by atoms with van der Waals surface area (Å²) in [5.74, 6) is 0.0485. The fourth-order valence-corrected chi connectivity index (χ4v) is 5.17. The van der Waals surface area contributed by atoms with Crippen molar-refractivity contribution in [3.63, 3.8) is 0 Å². The van der Waals surface area contributed by atoms with E-state index in [1.807, 2.05) is 36.1 Å². The Labute approximate surface area is 215 Å². The van der Waals surface area contributed by atoms with Crippen molar-refractivity contribution in [3.05, 3.63) is 81.6 Å². The minimum Gasteiger partial charge on any atom is -0.339 e. The van der Waals surface area contributed by atoms with Crippen LogP contribution in [0.15, 0.2) is 54.7 Å². The maximum absolute atomic E-state index is 13.2. The minimum absolute atomic E-state index is 0.0485. The third-order valence-electron chi connectivity index (χ3n) is 6.62. The average molecular weight is 508 g/mol. The molecule has 0 saturated carbocycles. The Morgan fingerprint density at radius 3 is 2.31 bits per heavy atom. The van der Waals surface area contributed by atoms with Crippen LogP contribution in [0.2, 0.25) is 10.0 Å². The summed E-state index contributed by atoms with van der Waals surface area (Å²) in [7, 11) is 0. The molecule has 1 aliphatic heterocycles. The summed E-state index contributed by atoms with van der Waals surface area (Å²) in [6.07, 6.45) is 1.79. The summed E-state index contributed by atoms with van der Waals surface area (Å²) >= 11 is 12.7. The van der Waals surface area contributed by atoms with Gasteiger partial charge in [0.05, 0.1) is 5.69 Å². The molecule has 8 heteroatoms. The van der Waals surface area contributed by atoms with Crippen molar-refractivity contribution in [2.45, 2.75) is 26.9 Å². The van der Waals surface area contributed by atoms with Gasteiger partial charge in [0.2, 0.25) is 5.91 Å². The Morgan fingerprint density at radius 1 is 0.943 bits per heavy atom. The standard InChI is InChI=1S/C27H27Cl2N5O/c1-18-6-8-20(9-7-18)21-10-11-30-27-26(21)19(2)31-34(27)17-25(35)33-14-12-32(13-15-33)16-22-23(28)4-3-5-24(22)29/h3-11H,12-17H2,1-2H3. The van der Waals surface area contributed by atoms with Gasteiger partial charge in [0.25, 0.3) is 0 Å². The molecule has 3 heterocycles. The number of nitrogens with zero attached hydrogens (tertiary/aromatic N) is 5. The first-order valence-corrected chi connectivity index (χ1v) is 12.5. The predicted molar refractivity (Wildman–Crippen MR) is 141 cm³/mol. The second-order valence-corrected chi connectivity index (χ2v) is 9.84. The fourth-order valence-electron chi connectivity index (χ4n) is 4.66. The molecule has 2 aromatic carbocycles. The highest BCUT2D eigenvalue weighted by Crippen LogP contribution is 2.30. The number of fused-ring (bicyclic) bond motifs is 1. The molecule has 1 fully saturated rings. The largest absolute Gasteiger partial charge is 0.339 e. The van der Waals surface area contributed by atoms with Crippen LogP contribution in [0, 0.1) is 13.8 Å². The van der Waals surface area contributed by atoms with Crippen LogP contribution in [-0.4, -0.2) is 56.7 Å². The van der Waals surface area contributed by atoms with E-state index in [9.17, 15) is 4.79 Å². The monoisotopic (exact) mass is 507 g/mol. The van der Waals surface area contributed by atoms with Crippen LogP contribution in [-0.2, 0) is 17.9 Å². The van der Waals surface area contributed by atoms with E-state index in [1.165, 1.54) is 5.56 Å². The number of hydrogen-bond donors (Lipinski definition) is 0. The zero-order valence-electron chi connectivity index (χ0n) is 19.8. The van der Waals surface area contributed by atoms with Gasteiger partial charge in [0, 0.05) is 59.9 Å². The summed E-state index contributed by atoms with van der Waals surface area (Å²) in [5, 5.41) is 7.03. The van der Waals surface area contributed by atoms with Crippen molar-refractivity contribution in [1.29, 1.82) is 0 Å². The van der Waals surface area contributed by atoms with Crippen LogP contribution in [0.5, 0.6) is 0 Å². The molecule has 1 amide bonds. The zero-order valence-corrected chi connectivity index (χ0v) is 21.4. The quantitative estimate of drug-likeness (QED) is 0.364. The van der Waals surface area contributed by atoms with E-state index in [0.29, 0.717) is 29.7 Å². The van der Waals surface area contributed by atoms with Crippen LogP contribution < -0.4 is 0 Å². The maximum atomic E-state index is 13.2. The van der Waals surface area contributed by atoms with Crippen molar-refractivity contribution in [1.82, 2.24) is 24.6 Å². The third-order valence-corrected chi connectivity index (χ3v) is 7.33. The number of pyridine rings is 1. The van der Waals surface area contributed by atoms with Gasteiger partial charge in [0.1, 0.15) is 6.54 Å². The second-order valence-electron chi connectivity index (χ2n) is 9.02. The van der Waals surface area contributed by atoms with Gasteiger partial charge in [-0.25, -0.2) is 9.67 Å². The first-order chi connectivity index (χ1) is 16.9. The number of aryl methyl sites for hydroxylation is 2. The lowest BCUT2D eigenvalue weighted by Gasteiger charge is -2.35. The lowest BCUT2D eigenvalue weighted by atomic mass is 10.0. The SMILES string of the molecule is Cc1ccc(-c2ccnc3c2c(C)nn3CC(=O)N2CCN(Cc3c(Cl)cccc3Cl)CC2)cc1. The zero-order chi connectivity index (χ0) is 24.5. The second kappa shape index (κ2) is 9.97. The minimum atomic E-state index is 0.0485. The molecule has 6 nitrogen and oxygen atoms in total. The van der Waals surface area contributed by atoms with Crippen molar-refractivity contribution >= 4 is 40.1 Å². The molecule has 1 saturated heterocycles. The number of benzene rings is 2. The van der Waals surface area contributed by atoms with Crippen molar-refractivity contribution in [2.75, 3.05) is 26.2 Å². The molecule has 35 heavy (non-hydrogen) atoms. The molecule has 0 atom stereocenters. The average Bonchev–Trinajstić information content (AvgIpc) is 3.17. The molecule has 5 rings (SSSR count). The van der Waals surface area contributed by atoms with E-state index in [4.69, 9.17) is 23.2 Å². The number of hydrogen-bond acceptors (Lipinski definition) is 4. The normalized spacial score (nSPS) is 14.6. The van der Waals surface area contributed by atoms with Crippen LogP contribution in [0.3, 0.4) is 0 Å². The Kier molecular flexibility index (Phi) is 6.78. The molecular formula is C27H27Cl2N5O. The van der Waals surface area contributed by atoms with Crippen molar-refractivity contribution < 1.29 is 4.79 Å². The summed E-state index contributed by atoms with van der Waals surface area (Å²) in [5.41, 5.74) is 5.96.